The SMILES string of the molecule is C1CCC(OCCC2CCNC2)OC1. The molecule has 2 unspecified atom stereocenters. The highest BCUT2D eigenvalue weighted by Crippen LogP contribution is 2.16. The Morgan fingerprint density at radius 3 is 3.00 bits per heavy atom. The van der Waals surface area contributed by atoms with Crippen LogP contribution in [0.1, 0.15) is 32.1 Å². The van der Waals surface area contributed by atoms with Crippen LogP contribution in [0.15, 0.2) is 0 Å². The van der Waals surface area contributed by atoms with Crippen LogP contribution in [0.3, 0.4) is 0 Å². The third kappa shape index (κ3) is 3.23. The molecular weight excluding hydrogens is 178 g/mol. The Morgan fingerprint density at radius 2 is 2.29 bits per heavy atom. The van der Waals surface area contributed by atoms with Crippen molar-refractivity contribution < 1.29 is 9.47 Å². The minimum Gasteiger partial charge on any atom is -0.353 e. The van der Waals surface area contributed by atoms with Crippen molar-refractivity contribution in [2.45, 2.75) is 38.4 Å². The molecule has 2 aliphatic rings. The number of rotatable bonds is 4. The third-order valence-corrected chi connectivity index (χ3v) is 3.13. The first-order chi connectivity index (χ1) is 6.95. The van der Waals surface area contributed by atoms with Gasteiger partial charge in [0.25, 0.3) is 0 Å². The zero-order valence-electron chi connectivity index (χ0n) is 8.84. The number of hydrogen-bond acceptors (Lipinski definition) is 3. The van der Waals surface area contributed by atoms with Crippen molar-refractivity contribution in [1.82, 2.24) is 5.32 Å². The van der Waals surface area contributed by atoms with Gasteiger partial charge >= 0.3 is 0 Å². The Hall–Kier alpha value is -0.120. The first-order valence-electron chi connectivity index (χ1n) is 5.89. The van der Waals surface area contributed by atoms with Crippen molar-refractivity contribution in [2.24, 2.45) is 5.92 Å². The van der Waals surface area contributed by atoms with E-state index in [0.29, 0.717) is 0 Å². The van der Waals surface area contributed by atoms with Crippen LogP contribution in [-0.4, -0.2) is 32.6 Å². The molecule has 2 rings (SSSR count). The Bertz CT molecular complexity index is 151. The van der Waals surface area contributed by atoms with E-state index in [2.05, 4.69) is 5.32 Å². The predicted octanol–water partition coefficient (Wildman–Crippen LogP) is 1.53. The highest BCUT2D eigenvalue weighted by atomic mass is 16.7. The molecule has 2 heterocycles. The molecule has 14 heavy (non-hydrogen) atoms. The molecule has 0 bridgehead atoms. The van der Waals surface area contributed by atoms with Gasteiger partial charge in [0, 0.05) is 6.61 Å². The second-order valence-corrected chi connectivity index (χ2v) is 4.31. The first-order valence-corrected chi connectivity index (χ1v) is 5.89. The molecule has 0 radical (unpaired) electrons. The van der Waals surface area contributed by atoms with E-state index in [1.807, 2.05) is 0 Å². The quantitative estimate of drug-likeness (QED) is 0.745. The van der Waals surface area contributed by atoms with Gasteiger partial charge in [0.1, 0.15) is 0 Å². The lowest BCUT2D eigenvalue weighted by Gasteiger charge is -2.23. The standard InChI is InChI=1S/C11H21NO2/c1-2-7-13-11(3-1)14-8-5-10-4-6-12-9-10/h10-12H,1-9H2. The molecule has 2 fully saturated rings. The summed E-state index contributed by atoms with van der Waals surface area (Å²) < 4.78 is 11.2. The molecule has 0 spiro atoms. The Kier molecular flexibility index (Phi) is 4.22. The first kappa shape index (κ1) is 10.4. The van der Waals surface area contributed by atoms with Crippen LogP contribution in [0.5, 0.6) is 0 Å². The van der Waals surface area contributed by atoms with E-state index in [1.54, 1.807) is 0 Å². The molecule has 0 amide bonds. The fourth-order valence-electron chi connectivity index (χ4n) is 2.17. The zero-order chi connectivity index (χ0) is 9.64. The molecule has 1 N–H and O–H groups in total. The Morgan fingerprint density at radius 1 is 1.29 bits per heavy atom. The van der Waals surface area contributed by atoms with Crippen molar-refractivity contribution in [2.75, 3.05) is 26.3 Å². The Labute approximate surface area is 86.2 Å². The number of nitrogens with one attached hydrogen (secondary N) is 1. The van der Waals surface area contributed by atoms with Crippen LogP contribution in [-0.2, 0) is 9.47 Å². The maximum Gasteiger partial charge on any atom is 0.157 e. The maximum atomic E-state index is 5.69. The molecule has 82 valence electrons. The molecule has 0 saturated carbocycles. The largest absolute Gasteiger partial charge is 0.353 e. The summed E-state index contributed by atoms with van der Waals surface area (Å²) in [5, 5.41) is 3.37. The monoisotopic (exact) mass is 199 g/mol. The van der Waals surface area contributed by atoms with Gasteiger partial charge in [-0.15, -0.1) is 0 Å². The van der Waals surface area contributed by atoms with E-state index in [-0.39, 0.29) is 6.29 Å². The third-order valence-electron chi connectivity index (χ3n) is 3.13. The van der Waals surface area contributed by atoms with Gasteiger partial charge in [0.2, 0.25) is 0 Å². The fraction of sp³-hybridized carbons (Fsp3) is 1.00. The normalized spacial score (nSPS) is 33.4. The van der Waals surface area contributed by atoms with Gasteiger partial charge in [-0.3, -0.25) is 0 Å². The van der Waals surface area contributed by atoms with Gasteiger partial charge in [-0.05, 0) is 51.1 Å². The van der Waals surface area contributed by atoms with E-state index in [4.69, 9.17) is 9.47 Å². The van der Waals surface area contributed by atoms with Crippen molar-refractivity contribution in [3.8, 4) is 0 Å². The lowest BCUT2D eigenvalue weighted by atomic mass is 10.1. The van der Waals surface area contributed by atoms with Crippen molar-refractivity contribution >= 4 is 0 Å². The predicted molar refractivity (Wildman–Crippen MR) is 55.1 cm³/mol. The molecule has 3 heteroatoms. The topological polar surface area (TPSA) is 30.5 Å². The van der Waals surface area contributed by atoms with E-state index in [1.165, 1.54) is 38.8 Å². The number of hydrogen-bond donors (Lipinski definition) is 1. The van der Waals surface area contributed by atoms with Crippen LogP contribution >= 0.6 is 0 Å². The van der Waals surface area contributed by atoms with Gasteiger partial charge in [0.05, 0.1) is 6.61 Å². The molecule has 2 aliphatic heterocycles. The second-order valence-electron chi connectivity index (χ2n) is 4.31. The van der Waals surface area contributed by atoms with Crippen LogP contribution in [0.2, 0.25) is 0 Å². The minimum atomic E-state index is 0.0955. The summed E-state index contributed by atoms with van der Waals surface area (Å²) >= 11 is 0. The average Bonchev–Trinajstić information content (AvgIpc) is 2.72. The summed E-state index contributed by atoms with van der Waals surface area (Å²) in [4.78, 5) is 0. The van der Waals surface area contributed by atoms with Crippen LogP contribution in [0.25, 0.3) is 0 Å². The summed E-state index contributed by atoms with van der Waals surface area (Å²) in [6, 6.07) is 0. The summed E-state index contributed by atoms with van der Waals surface area (Å²) in [6.45, 7) is 4.12. The van der Waals surface area contributed by atoms with E-state index in [9.17, 15) is 0 Å². The lowest BCUT2D eigenvalue weighted by Crippen LogP contribution is -2.23. The maximum absolute atomic E-state index is 5.69. The van der Waals surface area contributed by atoms with E-state index >= 15 is 0 Å². The van der Waals surface area contributed by atoms with Crippen LogP contribution < -0.4 is 5.32 Å². The summed E-state index contributed by atoms with van der Waals surface area (Å²) in [5.74, 6) is 0.832. The van der Waals surface area contributed by atoms with Gasteiger partial charge in [-0.1, -0.05) is 0 Å². The van der Waals surface area contributed by atoms with E-state index in [0.717, 1.165) is 25.6 Å². The van der Waals surface area contributed by atoms with E-state index < -0.39 is 0 Å². The van der Waals surface area contributed by atoms with Crippen molar-refractivity contribution in [1.29, 1.82) is 0 Å². The van der Waals surface area contributed by atoms with Gasteiger partial charge in [0.15, 0.2) is 6.29 Å². The van der Waals surface area contributed by atoms with Crippen LogP contribution in [0, 0.1) is 5.92 Å². The van der Waals surface area contributed by atoms with Crippen molar-refractivity contribution in [3.05, 3.63) is 0 Å². The Balaban J connectivity index is 1.52. The second kappa shape index (κ2) is 5.69. The smallest absolute Gasteiger partial charge is 0.157 e. The molecule has 0 aromatic carbocycles. The molecule has 2 saturated heterocycles. The average molecular weight is 199 g/mol. The molecular formula is C11H21NO2. The summed E-state index contributed by atoms with van der Waals surface area (Å²) in [7, 11) is 0. The lowest BCUT2D eigenvalue weighted by molar-refractivity contribution is -0.163. The molecule has 2 atom stereocenters. The molecule has 0 aromatic rings. The van der Waals surface area contributed by atoms with Gasteiger partial charge < -0.3 is 14.8 Å². The molecule has 0 aromatic heterocycles. The molecule has 0 aliphatic carbocycles. The van der Waals surface area contributed by atoms with Crippen molar-refractivity contribution in [3.63, 3.8) is 0 Å². The summed E-state index contributed by atoms with van der Waals surface area (Å²) in [6.07, 6.45) is 6.14. The van der Waals surface area contributed by atoms with Gasteiger partial charge in [-0.25, -0.2) is 0 Å². The highest BCUT2D eigenvalue weighted by Gasteiger charge is 2.17. The van der Waals surface area contributed by atoms with Crippen LogP contribution in [0.4, 0.5) is 0 Å². The van der Waals surface area contributed by atoms with Gasteiger partial charge in [-0.2, -0.15) is 0 Å². The summed E-state index contributed by atoms with van der Waals surface area (Å²) in [5.41, 5.74) is 0. The minimum absolute atomic E-state index is 0.0955. The number of ether oxygens (including phenoxy) is 2. The zero-order valence-corrected chi connectivity index (χ0v) is 8.84. The fourth-order valence-corrected chi connectivity index (χ4v) is 2.17. The molecule has 3 nitrogen and oxygen atoms in total. The highest BCUT2D eigenvalue weighted by molar-refractivity contribution is 4.70.